The fourth-order valence-corrected chi connectivity index (χ4v) is 3.55. The van der Waals surface area contributed by atoms with E-state index in [1.165, 1.54) is 24.5 Å². The van der Waals surface area contributed by atoms with Crippen LogP contribution >= 0.6 is 11.3 Å². The van der Waals surface area contributed by atoms with E-state index in [9.17, 15) is 14.7 Å². The highest BCUT2D eigenvalue weighted by Gasteiger charge is 2.47. The van der Waals surface area contributed by atoms with Gasteiger partial charge in [-0.15, -0.1) is 11.3 Å². The highest BCUT2D eigenvalue weighted by Crippen LogP contribution is 2.36. The molecule has 2 aromatic rings. The Bertz CT molecular complexity index is 823. The van der Waals surface area contributed by atoms with Crippen molar-refractivity contribution in [3.63, 3.8) is 0 Å². The molecule has 23 heavy (non-hydrogen) atoms. The number of aliphatic hydroxyl groups excluding tert-OH is 1. The van der Waals surface area contributed by atoms with Gasteiger partial charge < -0.3 is 15.4 Å². The Morgan fingerprint density at radius 3 is 2.74 bits per heavy atom. The first-order valence-electron chi connectivity index (χ1n) is 6.93. The summed E-state index contributed by atoms with van der Waals surface area (Å²) >= 11 is 1.38. The maximum atomic E-state index is 12.1. The highest BCUT2D eigenvalue weighted by atomic mass is 32.1. The smallest absolute Gasteiger partial charge is 0.260 e. The van der Waals surface area contributed by atoms with Gasteiger partial charge in [0.15, 0.2) is 12.1 Å². The number of H-pyrrole nitrogens is 1. The van der Waals surface area contributed by atoms with Gasteiger partial charge >= 0.3 is 0 Å². The number of thiophene rings is 1. The number of hydrogen-bond acceptors (Lipinski definition) is 5. The van der Waals surface area contributed by atoms with E-state index in [-0.39, 0.29) is 11.5 Å². The molecule has 0 unspecified atom stereocenters. The van der Waals surface area contributed by atoms with Crippen LogP contribution < -0.4 is 10.9 Å². The Hall–Kier alpha value is -2.45. The van der Waals surface area contributed by atoms with E-state index in [1.54, 1.807) is 19.2 Å². The second-order valence-corrected chi connectivity index (χ2v) is 6.53. The van der Waals surface area contributed by atoms with Crippen LogP contribution in [0.3, 0.4) is 0 Å². The van der Waals surface area contributed by atoms with E-state index in [2.05, 4.69) is 10.3 Å². The molecule has 1 fully saturated rings. The SMILES string of the molecule is CN1C(=N)N[C@](C)(c2cc(-c3ccc(=O)[nH]c3)cs2)[C@@H](O)C1=O. The van der Waals surface area contributed by atoms with E-state index >= 15 is 0 Å². The molecule has 120 valence electrons. The summed E-state index contributed by atoms with van der Waals surface area (Å²) in [5.74, 6) is -0.572. The number of nitrogens with zero attached hydrogens (tertiary/aromatic N) is 1. The van der Waals surface area contributed by atoms with Crippen LogP contribution in [0.2, 0.25) is 0 Å². The van der Waals surface area contributed by atoms with Gasteiger partial charge in [-0.05, 0) is 35.6 Å². The predicted molar refractivity (Wildman–Crippen MR) is 87.4 cm³/mol. The quantitative estimate of drug-likeness (QED) is 0.648. The van der Waals surface area contributed by atoms with Gasteiger partial charge in [0.1, 0.15) is 5.54 Å². The number of pyridine rings is 1. The molecule has 7 nitrogen and oxygen atoms in total. The average Bonchev–Trinajstić information content (AvgIpc) is 3.02. The first kappa shape index (κ1) is 15.4. The lowest BCUT2D eigenvalue weighted by Crippen LogP contribution is -2.66. The van der Waals surface area contributed by atoms with E-state index in [0.717, 1.165) is 20.9 Å². The number of hydrogen-bond donors (Lipinski definition) is 4. The lowest BCUT2D eigenvalue weighted by Gasteiger charge is -2.42. The van der Waals surface area contributed by atoms with Crippen molar-refractivity contribution in [1.29, 1.82) is 5.41 Å². The third-order valence-electron chi connectivity index (χ3n) is 4.05. The summed E-state index contributed by atoms with van der Waals surface area (Å²) < 4.78 is 0. The van der Waals surface area contributed by atoms with Crippen LogP contribution in [0, 0.1) is 5.41 Å². The third-order valence-corrected chi connectivity index (χ3v) is 5.22. The van der Waals surface area contributed by atoms with Crippen LogP contribution in [-0.2, 0) is 10.3 Å². The number of rotatable bonds is 2. The minimum Gasteiger partial charge on any atom is -0.380 e. The Morgan fingerprint density at radius 2 is 2.09 bits per heavy atom. The van der Waals surface area contributed by atoms with Gasteiger partial charge in [0.25, 0.3) is 5.91 Å². The molecule has 0 spiro atoms. The number of guanidine groups is 1. The van der Waals surface area contributed by atoms with Gasteiger partial charge in [0.05, 0.1) is 0 Å². The van der Waals surface area contributed by atoms with Crippen LogP contribution in [-0.4, -0.2) is 40.0 Å². The Kier molecular flexibility index (Phi) is 3.57. The molecule has 1 aliphatic heterocycles. The van der Waals surface area contributed by atoms with E-state index in [1.807, 2.05) is 11.4 Å². The van der Waals surface area contributed by atoms with Gasteiger partial charge in [0, 0.05) is 24.2 Å². The van der Waals surface area contributed by atoms with Crippen molar-refractivity contribution in [1.82, 2.24) is 15.2 Å². The number of aromatic nitrogens is 1. The molecular weight excluding hydrogens is 316 g/mol. The second-order valence-electron chi connectivity index (χ2n) is 5.62. The molecule has 3 rings (SSSR count). The molecule has 0 bridgehead atoms. The van der Waals surface area contributed by atoms with Crippen LogP contribution in [0.5, 0.6) is 0 Å². The number of carbonyl (C=O) groups is 1. The summed E-state index contributed by atoms with van der Waals surface area (Å²) in [6.07, 6.45) is 0.325. The number of carbonyl (C=O) groups excluding carboxylic acids is 1. The second kappa shape index (κ2) is 5.32. The number of aliphatic hydroxyl groups is 1. The fourth-order valence-electron chi connectivity index (χ4n) is 2.49. The van der Waals surface area contributed by atoms with Gasteiger partial charge in [0.2, 0.25) is 5.56 Å². The van der Waals surface area contributed by atoms with E-state index < -0.39 is 17.6 Å². The van der Waals surface area contributed by atoms with Gasteiger partial charge in [-0.2, -0.15) is 0 Å². The zero-order valence-corrected chi connectivity index (χ0v) is 13.4. The maximum absolute atomic E-state index is 12.1. The maximum Gasteiger partial charge on any atom is 0.260 e. The molecule has 0 saturated carbocycles. The van der Waals surface area contributed by atoms with Crippen molar-refractivity contribution in [2.75, 3.05) is 7.05 Å². The molecule has 1 saturated heterocycles. The summed E-state index contributed by atoms with van der Waals surface area (Å²) in [6.45, 7) is 1.69. The van der Waals surface area contributed by atoms with Gasteiger partial charge in [-0.25, -0.2) is 0 Å². The predicted octanol–water partition coefficient (Wildman–Crippen LogP) is 0.676. The standard InChI is InChI=1S/C15H16N4O3S/c1-15(12(21)13(22)19(2)14(16)18-15)10-5-9(7-23-10)8-3-4-11(20)17-6-8/h3-7,12,21H,1-2H3,(H2,16,18)(H,17,20)/t12-,15+/m0/s1. The van der Waals surface area contributed by atoms with Crippen molar-refractivity contribution in [2.45, 2.75) is 18.6 Å². The number of likely N-dealkylation sites (N-methyl/N-ethyl adjacent to an activating group) is 1. The zero-order chi connectivity index (χ0) is 16.8. The Morgan fingerprint density at radius 1 is 1.35 bits per heavy atom. The largest absolute Gasteiger partial charge is 0.380 e. The van der Waals surface area contributed by atoms with Gasteiger partial charge in [-0.1, -0.05) is 0 Å². The van der Waals surface area contributed by atoms with Crippen LogP contribution in [0.25, 0.3) is 11.1 Å². The summed E-state index contributed by atoms with van der Waals surface area (Å²) in [5.41, 5.74) is 0.461. The fraction of sp³-hybridized carbons (Fsp3) is 0.267. The van der Waals surface area contributed by atoms with Crippen molar-refractivity contribution < 1.29 is 9.90 Å². The minimum atomic E-state index is -1.29. The van der Waals surface area contributed by atoms with Crippen molar-refractivity contribution >= 4 is 23.2 Å². The van der Waals surface area contributed by atoms with E-state index in [4.69, 9.17) is 5.41 Å². The van der Waals surface area contributed by atoms with Crippen molar-refractivity contribution in [3.05, 3.63) is 45.0 Å². The monoisotopic (exact) mass is 332 g/mol. The van der Waals surface area contributed by atoms with Crippen molar-refractivity contribution in [3.8, 4) is 11.1 Å². The number of aromatic amines is 1. The molecule has 3 heterocycles. The minimum absolute atomic E-state index is 0.0539. The van der Waals surface area contributed by atoms with Crippen LogP contribution in [0.15, 0.2) is 34.6 Å². The van der Waals surface area contributed by atoms with Gasteiger partial charge in [-0.3, -0.25) is 19.9 Å². The molecule has 0 radical (unpaired) electrons. The molecule has 2 aromatic heterocycles. The first-order chi connectivity index (χ1) is 10.8. The van der Waals surface area contributed by atoms with Crippen LogP contribution in [0.4, 0.5) is 0 Å². The topological polar surface area (TPSA) is 109 Å². The molecule has 0 aromatic carbocycles. The summed E-state index contributed by atoms with van der Waals surface area (Å²) in [7, 11) is 1.45. The molecule has 2 atom stereocenters. The molecule has 0 aliphatic carbocycles. The molecular formula is C15H16N4O3S. The molecule has 1 aliphatic rings. The summed E-state index contributed by atoms with van der Waals surface area (Å²) in [6, 6.07) is 5.00. The Labute approximate surface area is 136 Å². The molecule has 4 N–H and O–H groups in total. The normalized spacial score (nSPS) is 24.7. The average molecular weight is 332 g/mol. The third kappa shape index (κ3) is 2.45. The lowest BCUT2D eigenvalue weighted by molar-refractivity contribution is -0.142. The first-order valence-corrected chi connectivity index (χ1v) is 7.81. The van der Waals surface area contributed by atoms with E-state index in [0.29, 0.717) is 0 Å². The van der Waals surface area contributed by atoms with Crippen molar-refractivity contribution in [2.24, 2.45) is 0 Å². The summed E-state index contributed by atoms with van der Waals surface area (Å²) in [5, 5.41) is 23.0. The Balaban J connectivity index is 1.98. The van der Waals surface area contributed by atoms with Crippen LogP contribution in [0.1, 0.15) is 11.8 Å². The zero-order valence-electron chi connectivity index (χ0n) is 12.6. The number of amides is 1. The lowest BCUT2D eigenvalue weighted by atomic mass is 9.89. The highest BCUT2D eigenvalue weighted by molar-refractivity contribution is 7.10. The number of nitrogens with one attached hydrogen (secondary N) is 3. The molecule has 8 heteroatoms. The summed E-state index contributed by atoms with van der Waals surface area (Å²) in [4.78, 5) is 27.7. The molecule has 1 amide bonds.